The van der Waals surface area contributed by atoms with E-state index in [1.807, 2.05) is 6.92 Å². The van der Waals surface area contributed by atoms with Gasteiger partial charge in [-0.2, -0.15) is 18.2 Å². The number of nitrogens with zero attached hydrogens (tertiary/aromatic N) is 2. The monoisotopic (exact) mass is 327 g/mol. The average Bonchev–Trinajstić information content (AvgIpc) is 2.53. The molecule has 2 aromatic rings. The maximum atomic E-state index is 12.1. The number of ether oxygens (including phenoxy) is 2. The van der Waals surface area contributed by atoms with E-state index in [1.165, 1.54) is 19.2 Å². The minimum Gasteiger partial charge on any atom is -0.484 e. The van der Waals surface area contributed by atoms with Crippen LogP contribution in [0.25, 0.3) is 0 Å². The Hall–Kier alpha value is -2.51. The number of nitrogens with one attached hydrogen (secondary N) is 1. The number of methoxy groups -OCH3 is 1. The van der Waals surface area contributed by atoms with E-state index >= 15 is 0 Å². The molecule has 5 nitrogen and oxygen atoms in total. The lowest BCUT2D eigenvalue weighted by atomic mass is 10.1. The lowest BCUT2D eigenvalue weighted by Crippen LogP contribution is -2.19. The van der Waals surface area contributed by atoms with Crippen molar-refractivity contribution >= 4 is 5.95 Å². The second-order valence-electron chi connectivity index (χ2n) is 4.76. The molecule has 0 saturated carbocycles. The number of hydrogen-bond donors (Lipinski definition) is 1. The van der Waals surface area contributed by atoms with Gasteiger partial charge in [-0.05, 0) is 24.6 Å². The van der Waals surface area contributed by atoms with E-state index in [9.17, 15) is 13.2 Å². The van der Waals surface area contributed by atoms with Gasteiger partial charge in [0.15, 0.2) is 6.61 Å². The summed E-state index contributed by atoms with van der Waals surface area (Å²) in [6.07, 6.45) is -2.79. The van der Waals surface area contributed by atoms with Gasteiger partial charge < -0.3 is 14.8 Å². The number of halogens is 3. The molecule has 1 aromatic heterocycles. The molecule has 0 aliphatic rings. The van der Waals surface area contributed by atoms with Crippen molar-refractivity contribution in [2.75, 3.05) is 19.0 Å². The van der Waals surface area contributed by atoms with Gasteiger partial charge in [0.25, 0.3) is 0 Å². The minimum absolute atomic E-state index is 0.140. The Morgan fingerprint density at radius 2 is 1.87 bits per heavy atom. The fourth-order valence-corrected chi connectivity index (χ4v) is 1.82. The number of rotatable bonds is 6. The minimum atomic E-state index is -4.35. The summed E-state index contributed by atoms with van der Waals surface area (Å²) in [7, 11) is 1.51. The van der Waals surface area contributed by atoms with Crippen LogP contribution >= 0.6 is 0 Å². The molecule has 1 N–H and O–H groups in total. The van der Waals surface area contributed by atoms with Crippen LogP contribution in [0.4, 0.5) is 19.1 Å². The Bertz CT molecular complexity index is 633. The van der Waals surface area contributed by atoms with Crippen molar-refractivity contribution in [3.05, 3.63) is 42.1 Å². The third kappa shape index (κ3) is 5.32. The quantitative estimate of drug-likeness (QED) is 0.878. The van der Waals surface area contributed by atoms with E-state index in [0.29, 0.717) is 11.8 Å². The molecule has 0 aliphatic heterocycles. The van der Waals surface area contributed by atoms with Crippen LogP contribution in [0.5, 0.6) is 11.6 Å². The molecular formula is C15H16F3N3O2. The van der Waals surface area contributed by atoms with E-state index in [2.05, 4.69) is 20.0 Å². The van der Waals surface area contributed by atoms with E-state index in [1.54, 1.807) is 24.4 Å². The molecule has 23 heavy (non-hydrogen) atoms. The van der Waals surface area contributed by atoms with Crippen molar-refractivity contribution in [3.8, 4) is 11.6 Å². The first kappa shape index (κ1) is 16.9. The third-order valence-corrected chi connectivity index (χ3v) is 2.97. The Morgan fingerprint density at radius 1 is 1.17 bits per heavy atom. The molecule has 0 aliphatic carbocycles. The lowest BCUT2D eigenvalue weighted by molar-refractivity contribution is -0.153. The van der Waals surface area contributed by atoms with Gasteiger partial charge >= 0.3 is 6.18 Å². The van der Waals surface area contributed by atoms with Crippen LogP contribution < -0.4 is 14.8 Å². The van der Waals surface area contributed by atoms with Gasteiger partial charge in [0.2, 0.25) is 11.8 Å². The van der Waals surface area contributed by atoms with Gasteiger partial charge in [-0.1, -0.05) is 12.1 Å². The van der Waals surface area contributed by atoms with E-state index < -0.39 is 12.8 Å². The zero-order chi connectivity index (χ0) is 16.9. The highest BCUT2D eigenvalue weighted by Crippen LogP contribution is 2.22. The average molecular weight is 327 g/mol. The van der Waals surface area contributed by atoms with E-state index in [0.717, 1.165) is 5.56 Å². The van der Waals surface area contributed by atoms with Crippen LogP contribution in [0.15, 0.2) is 36.5 Å². The predicted molar refractivity (Wildman–Crippen MR) is 78.6 cm³/mol. The van der Waals surface area contributed by atoms with Crippen LogP contribution in [0.1, 0.15) is 18.5 Å². The summed E-state index contributed by atoms with van der Waals surface area (Å²) in [4.78, 5) is 8.21. The standard InChI is InChI=1S/C15H16F3N3O2/c1-10(20-14-19-8-7-13(21-14)22-2)11-3-5-12(6-4-11)23-9-15(16,17)18/h3-8,10H,9H2,1-2H3,(H,19,20,21). The lowest BCUT2D eigenvalue weighted by Gasteiger charge is -2.15. The van der Waals surface area contributed by atoms with Gasteiger partial charge in [-0.3, -0.25) is 0 Å². The Morgan fingerprint density at radius 3 is 2.48 bits per heavy atom. The van der Waals surface area contributed by atoms with Crippen LogP contribution in [-0.2, 0) is 0 Å². The molecule has 124 valence electrons. The fraction of sp³-hybridized carbons (Fsp3) is 0.333. The first-order chi connectivity index (χ1) is 10.9. The molecule has 1 atom stereocenters. The van der Waals surface area contributed by atoms with Crippen LogP contribution in [-0.4, -0.2) is 29.9 Å². The molecule has 1 heterocycles. The molecule has 8 heteroatoms. The van der Waals surface area contributed by atoms with Gasteiger partial charge in [0.05, 0.1) is 13.2 Å². The Balaban J connectivity index is 1.98. The Labute approximate surface area is 131 Å². The Kier molecular flexibility index (Phi) is 5.25. The molecule has 0 radical (unpaired) electrons. The normalized spacial score (nSPS) is 12.6. The largest absolute Gasteiger partial charge is 0.484 e. The summed E-state index contributed by atoms with van der Waals surface area (Å²) in [6, 6.07) is 7.84. The molecular weight excluding hydrogens is 311 g/mol. The summed E-state index contributed by atoms with van der Waals surface area (Å²) in [5, 5.41) is 3.09. The molecule has 1 unspecified atom stereocenters. The molecule has 0 fully saturated rings. The maximum Gasteiger partial charge on any atom is 0.422 e. The van der Waals surface area contributed by atoms with Gasteiger partial charge in [-0.25, -0.2) is 4.98 Å². The van der Waals surface area contributed by atoms with Crippen molar-refractivity contribution in [1.82, 2.24) is 9.97 Å². The number of anilines is 1. The van der Waals surface area contributed by atoms with E-state index in [-0.39, 0.29) is 11.8 Å². The number of benzene rings is 1. The highest BCUT2D eigenvalue weighted by Gasteiger charge is 2.28. The van der Waals surface area contributed by atoms with Crippen molar-refractivity contribution in [2.45, 2.75) is 19.1 Å². The van der Waals surface area contributed by atoms with Crippen LogP contribution in [0, 0.1) is 0 Å². The molecule has 0 saturated heterocycles. The van der Waals surface area contributed by atoms with Crippen LogP contribution in [0.3, 0.4) is 0 Å². The van der Waals surface area contributed by atoms with E-state index in [4.69, 9.17) is 4.74 Å². The maximum absolute atomic E-state index is 12.1. The zero-order valence-electron chi connectivity index (χ0n) is 12.6. The van der Waals surface area contributed by atoms with Crippen molar-refractivity contribution < 1.29 is 22.6 Å². The SMILES string of the molecule is COc1ccnc(NC(C)c2ccc(OCC(F)(F)F)cc2)n1. The second kappa shape index (κ2) is 7.17. The highest BCUT2D eigenvalue weighted by molar-refractivity contribution is 5.35. The molecule has 0 bridgehead atoms. The van der Waals surface area contributed by atoms with Crippen LogP contribution in [0.2, 0.25) is 0 Å². The molecule has 1 aromatic carbocycles. The zero-order valence-corrected chi connectivity index (χ0v) is 12.6. The van der Waals surface area contributed by atoms with Gasteiger partial charge in [-0.15, -0.1) is 0 Å². The predicted octanol–water partition coefficient (Wildman–Crippen LogP) is 3.60. The number of aromatic nitrogens is 2. The van der Waals surface area contributed by atoms with Crippen molar-refractivity contribution in [3.63, 3.8) is 0 Å². The van der Waals surface area contributed by atoms with Crippen molar-refractivity contribution in [1.29, 1.82) is 0 Å². The topological polar surface area (TPSA) is 56.3 Å². The summed E-state index contributed by atoms with van der Waals surface area (Å²) in [6.45, 7) is 0.576. The summed E-state index contributed by atoms with van der Waals surface area (Å²) in [5.74, 6) is 0.996. The van der Waals surface area contributed by atoms with Gasteiger partial charge in [0.1, 0.15) is 5.75 Å². The van der Waals surface area contributed by atoms with Gasteiger partial charge in [0, 0.05) is 12.3 Å². The first-order valence-corrected chi connectivity index (χ1v) is 6.80. The third-order valence-electron chi connectivity index (χ3n) is 2.97. The van der Waals surface area contributed by atoms with Crippen molar-refractivity contribution in [2.24, 2.45) is 0 Å². The number of alkyl halides is 3. The summed E-state index contributed by atoms with van der Waals surface area (Å²) >= 11 is 0. The highest BCUT2D eigenvalue weighted by atomic mass is 19.4. The number of hydrogen-bond acceptors (Lipinski definition) is 5. The molecule has 0 amide bonds. The summed E-state index contributed by atoms with van der Waals surface area (Å²) in [5.41, 5.74) is 0.857. The molecule has 2 rings (SSSR count). The first-order valence-electron chi connectivity index (χ1n) is 6.80. The molecule has 0 spiro atoms. The summed E-state index contributed by atoms with van der Waals surface area (Å²) < 4.78 is 46.0. The smallest absolute Gasteiger partial charge is 0.422 e. The fourth-order valence-electron chi connectivity index (χ4n) is 1.82. The second-order valence-corrected chi connectivity index (χ2v) is 4.76.